The zero-order valence-corrected chi connectivity index (χ0v) is 18.1. The molecule has 9 heteroatoms. The van der Waals surface area contributed by atoms with Gasteiger partial charge in [0.25, 0.3) is 5.91 Å². The smallest absolute Gasteiger partial charge is 0.321 e. The minimum absolute atomic E-state index is 0.0326. The van der Waals surface area contributed by atoms with Gasteiger partial charge < -0.3 is 5.32 Å². The van der Waals surface area contributed by atoms with Crippen LogP contribution in [0, 0.1) is 0 Å². The summed E-state index contributed by atoms with van der Waals surface area (Å²) in [6, 6.07) is 17.6. The van der Waals surface area contributed by atoms with Gasteiger partial charge in [0.2, 0.25) is 0 Å². The molecular weight excluding hydrogens is 465 g/mol. The Morgan fingerprint density at radius 1 is 1.06 bits per heavy atom. The lowest BCUT2D eigenvalue weighted by molar-refractivity contribution is -0.137. The summed E-state index contributed by atoms with van der Waals surface area (Å²) in [5.74, 6) is 0.146. The Kier molecular flexibility index (Phi) is 6.22. The van der Waals surface area contributed by atoms with Crippen molar-refractivity contribution in [3.63, 3.8) is 0 Å². The molecule has 0 bridgehead atoms. The first-order valence-electron chi connectivity index (χ1n) is 9.05. The van der Waals surface area contributed by atoms with E-state index in [1.165, 1.54) is 0 Å². The molecule has 0 spiro atoms. The molecule has 1 amide bonds. The van der Waals surface area contributed by atoms with E-state index in [1.807, 2.05) is 36.4 Å². The molecule has 0 fully saturated rings. The number of thiazole rings is 1. The van der Waals surface area contributed by atoms with E-state index in [2.05, 4.69) is 10.3 Å². The lowest BCUT2D eigenvalue weighted by Crippen LogP contribution is -2.13. The predicted octanol–water partition coefficient (Wildman–Crippen LogP) is 7.51. The number of amides is 1. The molecule has 158 valence electrons. The Bertz CT molecular complexity index is 1210. The van der Waals surface area contributed by atoms with Crippen molar-refractivity contribution in [2.45, 2.75) is 16.3 Å². The number of alkyl halides is 3. The molecule has 0 saturated carbocycles. The van der Waals surface area contributed by atoms with Gasteiger partial charge in [-0.1, -0.05) is 47.6 Å². The van der Waals surface area contributed by atoms with Crippen LogP contribution in [-0.4, -0.2) is 10.9 Å². The number of nitrogens with one attached hydrogen (secondary N) is 1. The number of halogens is 4. The molecule has 0 aliphatic rings. The van der Waals surface area contributed by atoms with E-state index < -0.39 is 17.6 Å². The number of hydrogen-bond donors (Lipinski definition) is 1. The van der Waals surface area contributed by atoms with E-state index in [4.69, 9.17) is 11.6 Å². The van der Waals surface area contributed by atoms with Crippen LogP contribution in [-0.2, 0) is 11.9 Å². The molecule has 1 N–H and O–H groups in total. The lowest BCUT2D eigenvalue weighted by Gasteiger charge is -2.12. The van der Waals surface area contributed by atoms with Gasteiger partial charge in [0.15, 0.2) is 4.34 Å². The van der Waals surface area contributed by atoms with Crippen LogP contribution in [0.1, 0.15) is 21.5 Å². The van der Waals surface area contributed by atoms with E-state index >= 15 is 0 Å². The Morgan fingerprint density at radius 3 is 2.52 bits per heavy atom. The zero-order valence-electron chi connectivity index (χ0n) is 15.7. The third-order valence-corrected chi connectivity index (χ3v) is 6.97. The SMILES string of the molecule is O=C(Nc1cc(C(F)(F)F)ccc1Cl)c1ccc(CSc2nc3ccccc3s2)cc1. The van der Waals surface area contributed by atoms with Gasteiger partial charge in [-0.3, -0.25) is 4.79 Å². The Labute approximate surface area is 189 Å². The van der Waals surface area contributed by atoms with Gasteiger partial charge in [-0.25, -0.2) is 4.98 Å². The standard InChI is InChI=1S/C22H14ClF3N2OS2/c23-16-10-9-15(22(24,25)26)11-18(16)27-20(29)14-7-5-13(6-8-14)12-30-21-28-17-3-1-2-4-19(17)31-21/h1-11H,12H2,(H,27,29). The lowest BCUT2D eigenvalue weighted by atomic mass is 10.1. The van der Waals surface area contributed by atoms with Crippen molar-refractivity contribution in [2.24, 2.45) is 0 Å². The van der Waals surface area contributed by atoms with Crippen LogP contribution in [0.15, 0.2) is 71.1 Å². The zero-order chi connectivity index (χ0) is 22.0. The summed E-state index contributed by atoms with van der Waals surface area (Å²) in [4.78, 5) is 17.0. The second kappa shape index (κ2) is 8.90. The number of benzene rings is 3. The number of fused-ring (bicyclic) bond motifs is 1. The summed E-state index contributed by atoms with van der Waals surface area (Å²) < 4.78 is 40.8. The summed E-state index contributed by atoms with van der Waals surface area (Å²) in [5, 5.41) is 2.48. The van der Waals surface area contributed by atoms with Gasteiger partial charge in [-0.2, -0.15) is 13.2 Å². The quantitative estimate of drug-likeness (QED) is 0.302. The average Bonchev–Trinajstić information content (AvgIpc) is 3.16. The molecule has 0 aliphatic heterocycles. The van der Waals surface area contributed by atoms with Crippen LogP contribution in [0.5, 0.6) is 0 Å². The highest BCUT2D eigenvalue weighted by Crippen LogP contribution is 2.34. The molecule has 0 saturated heterocycles. The first-order chi connectivity index (χ1) is 14.8. The number of carbonyl (C=O) groups is 1. The molecule has 0 unspecified atom stereocenters. The molecule has 3 aromatic carbocycles. The van der Waals surface area contributed by atoms with Crippen molar-refractivity contribution in [3.05, 3.63) is 88.4 Å². The number of nitrogens with zero attached hydrogens (tertiary/aromatic N) is 1. The largest absolute Gasteiger partial charge is 0.416 e. The van der Waals surface area contributed by atoms with E-state index in [0.29, 0.717) is 11.3 Å². The first-order valence-corrected chi connectivity index (χ1v) is 11.2. The van der Waals surface area contributed by atoms with Crippen LogP contribution in [0.4, 0.5) is 18.9 Å². The highest BCUT2D eigenvalue weighted by atomic mass is 35.5. The second-order valence-electron chi connectivity index (χ2n) is 6.58. The van der Waals surface area contributed by atoms with Crippen molar-refractivity contribution >= 4 is 56.5 Å². The van der Waals surface area contributed by atoms with Crippen LogP contribution in [0.2, 0.25) is 5.02 Å². The molecule has 4 rings (SSSR count). The highest BCUT2D eigenvalue weighted by molar-refractivity contribution is 8.00. The Hall–Kier alpha value is -2.55. The molecule has 1 aromatic heterocycles. The van der Waals surface area contributed by atoms with E-state index in [0.717, 1.165) is 38.3 Å². The van der Waals surface area contributed by atoms with Gasteiger partial charge in [0.05, 0.1) is 26.5 Å². The Balaban J connectivity index is 1.41. The first kappa shape index (κ1) is 21.7. The number of aromatic nitrogens is 1. The van der Waals surface area contributed by atoms with Gasteiger partial charge in [-0.15, -0.1) is 11.3 Å². The van der Waals surface area contributed by atoms with Crippen molar-refractivity contribution < 1.29 is 18.0 Å². The molecule has 1 heterocycles. The van der Waals surface area contributed by atoms with Gasteiger partial charge >= 0.3 is 6.18 Å². The summed E-state index contributed by atoms with van der Waals surface area (Å²) >= 11 is 9.17. The monoisotopic (exact) mass is 478 g/mol. The van der Waals surface area contributed by atoms with Crippen LogP contribution < -0.4 is 5.32 Å². The number of thioether (sulfide) groups is 1. The van der Waals surface area contributed by atoms with Crippen molar-refractivity contribution in [1.29, 1.82) is 0 Å². The van der Waals surface area contributed by atoms with Crippen molar-refractivity contribution in [3.8, 4) is 0 Å². The minimum atomic E-state index is -4.52. The predicted molar refractivity (Wildman–Crippen MR) is 120 cm³/mol. The molecule has 31 heavy (non-hydrogen) atoms. The summed E-state index contributed by atoms with van der Waals surface area (Å²) in [6.07, 6.45) is -4.52. The highest BCUT2D eigenvalue weighted by Gasteiger charge is 2.31. The normalized spacial score (nSPS) is 11.6. The summed E-state index contributed by atoms with van der Waals surface area (Å²) in [6.45, 7) is 0. The Morgan fingerprint density at radius 2 is 1.81 bits per heavy atom. The number of para-hydroxylation sites is 1. The average molecular weight is 479 g/mol. The van der Waals surface area contributed by atoms with E-state index in [-0.39, 0.29) is 10.7 Å². The fraction of sp³-hybridized carbons (Fsp3) is 0.0909. The van der Waals surface area contributed by atoms with E-state index in [9.17, 15) is 18.0 Å². The van der Waals surface area contributed by atoms with Crippen molar-refractivity contribution in [2.75, 3.05) is 5.32 Å². The van der Waals surface area contributed by atoms with Crippen LogP contribution >= 0.6 is 34.7 Å². The third-order valence-electron chi connectivity index (χ3n) is 4.39. The molecule has 3 nitrogen and oxygen atoms in total. The van der Waals surface area contributed by atoms with Crippen LogP contribution in [0.3, 0.4) is 0 Å². The summed E-state index contributed by atoms with van der Waals surface area (Å²) in [7, 11) is 0. The molecule has 0 radical (unpaired) electrons. The second-order valence-corrected chi connectivity index (χ2v) is 9.24. The van der Waals surface area contributed by atoms with Crippen LogP contribution in [0.25, 0.3) is 10.2 Å². The topological polar surface area (TPSA) is 42.0 Å². The van der Waals surface area contributed by atoms with Gasteiger partial charge in [0, 0.05) is 11.3 Å². The molecule has 4 aromatic rings. The fourth-order valence-electron chi connectivity index (χ4n) is 2.80. The summed E-state index contributed by atoms with van der Waals surface area (Å²) in [5.41, 5.74) is 1.32. The number of hydrogen-bond acceptors (Lipinski definition) is 4. The number of carbonyl (C=O) groups excluding carboxylic acids is 1. The molecule has 0 atom stereocenters. The van der Waals surface area contributed by atoms with E-state index in [1.54, 1.807) is 35.2 Å². The van der Waals surface area contributed by atoms with Gasteiger partial charge in [0.1, 0.15) is 0 Å². The maximum Gasteiger partial charge on any atom is 0.416 e. The maximum absolute atomic E-state index is 12.9. The molecular formula is C22H14ClF3N2OS2. The third kappa shape index (κ3) is 5.20. The van der Waals surface area contributed by atoms with Crippen molar-refractivity contribution in [1.82, 2.24) is 4.98 Å². The number of rotatable bonds is 5. The van der Waals surface area contributed by atoms with Gasteiger partial charge in [-0.05, 0) is 48.0 Å². The minimum Gasteiger partial charge on any atom is -0.321 e. The number of anilines is 1. The maximum atomic E-state index is 12.9. The fourth-order valence-corrected chi connectivity index (χ4v) is 4.99. The molecule has 0 aliphatic carbocycles.